The maximum atomic E-state index is 13.6. The molecule has 0 bridgehead atoms. The van der Waals surface area contributed by atoms with Gasteiger partial charge in [-0.25, -0.2) is 13.6 Å². The number of aliphatic hydroxyl groups is 2. The summed E-state index contributed by atoms with van der Waals surface area (Å²) in [5.41, 5.74) is 4.20. The maximum Gasteiger partial charge on any atom is 0.351 e. The topological polar surface area (TPSA) is 111 Å². The molecule has 126 valence electrons. The molecule has 0 amide bonds. The summed E-state index contributed by atoms with van der Waals surface area (Å²) in [4.78, 5) is 13.2. The molecular formula is C13H14ClF2N3O4. The molecule has 0 saturated carbocycles. The fourth-order valence-electron chi connectivity index (χ4n) is 2.28. The number of hydrogen-bond donors (Lipinski definition) is 3. The molecule has 2 rings (SSSR count). The predicted octanol–water partition coefficient (Wildman–Crippen LogP) is -0.446. The zero-order valence-corrected chi connectivity index (χ0v) is 12.7. The fourth-order valence-corrected chi connectivity index (χ4v) is 2.63. The lowest BCUT2D eigenvalue weighted by Crippen LogP contribution is -2.44. The number of aromatic nitrogens is 2. The van der Waals surface area contributed by atoms with Crippen molar-refractivity contribution in [2.24, 2.45) is 0 Å². The van der Waals surface area contributed by atoms with Crippen LogP contribution in [0.2, 0.25) is 0 Å². The number of halogens is 3. The Balaban J connectivity index is 2.58. The summed E-state index contributed by atoms with van der Waals surface area (Å²) in [7, 11) is 0. The third kappa shape index (κ3) is 3.03. The molecule has 4 N–H and O–H groups in total. The molecule has 10 heteroatoms. The molecule has 1 aromatic heterocycles. The highest BCUT2D eigenvalue weighted by molar-refractivity contribution is 6.27. The average molecular weight is 350 g/mol. The van der Waals surface area contributed by atoms with Gasteiger partial charge < -0.3 is 20.7 Å². The van der Waals surface area contributed by atoms with Crippen LogP contribution >= 0.6 is 11.6 Å². The lowest BCUT2D eigenvalue weighted by Gasteiger charge is -2.25. The summed E-state index contributed by atoms with van der Waals surface area (Å²) in [6.07, 6.45) is -4.78. The minimum absolute atomic E-state index is 0.619. The molecule has 0 aromatic carbocycles. The van der Waals surface area contributed by atoms with Gasteiger partial charge in [-0.05, 0) is 6.92 Å². The average Bonchev–Trinajstić information content (AvgIpc) is 2.74. The standard InChI is InChI=1S/C13H14ClF2N3O4/c1-6(20)8-9(21)13(14,3-2-4-15)11(23-8)19-5-7(16)10(17)18-12(19)22/h5-6,8-9,11,20-21H,4H2,1H3,(H2,17,18,22)/t6-,8+,9-,11+,13?/m0/s1. The highest BCUT2D eigenvalue weighted by Crippen LogP contribution is 2.43. The third-order valence-electron chi connectivity index (χ3n) is 3.40. The van der Waals surface area contributed by atoms with Gasteiger partial charge in [-0.3, -0.25) is 4.57 Å². The number of nitrogens with two attached hydrogens (primary N) is 1. The van der Waals surface area contributed by atoms with Crippen LogP contribution in [-0.2, 0) is 4.74 Å². The summed E-state index contributed by atoms with van der Waals surface area (Å²) >= 11 is 6.24. The van der Waals surface area contributed by atoms with Crippen LogP contribution in [0.15, 0.2) is 11.0 Å². The number of hydrogen-bond acceptors (Lipinski definition) is 6. The molecule has 0 aliphatic carbocycles. The first-order valence-corrected chi connectivity index (χ1v) is 6.90. The number of rotatable bonds is 2. The van der Waals surface area contributed by atoms with E-state index in [0.29, 0.717) is 10.8 Å². The third-order valence-corrected chi connectivity index (χ3v) is 3.90. The van der Waals surface area contributed by atoms with Crippen LogP contribution in [0.3, 0.4) is 0 Å². The predicted molar refractivity (Wildman–Crippen MR) is 76.8 cm³/mol. The Bertz CT molecular complexity index is 717. The number of alkyl halides is 2. The maximum absolute atomic E-state index is 13.6. The molecule has 1 aromatic rings. The van der Waals surface area contributed by atoms with Gasteiger partial charge in [0.15, 0.2) is 22.7 Å². The van der Waals surface area contributed by atoms with E-state index < -0.39 is 53.4 Å². The molecule has 23 heavy (non-hydrogen) atoms. The quantitative estimate of drug-likeness (QED) is 0.493. The monoisotopic (exact) mass is 349 g/mol. The van der Waals surface area contributed by atoms with Crippen molar-refractivity contribution in [1.29, 1.82) is 0 Å². The summed E-state index contributed by atoms with van der Waals surface area (Å²) in [6.45, 7) is 0.261. The smallest absolute Gasteiger partial charge is 0.351 e. The van der Waals surface area contributed by atoms with Gasteiger partial charge >= 0.3 is 5.69 Å². The first-order chi connectivity index (χ1) is 10.7. The molecule has 0 spiro atoms. The first-order valence-electron chi connectivity index (χ1n) is 6.53. The summed E-state index contributed by atoms with van der Waals surface area (Å²) in [5.74, 6) is 2.67. The second-order valence-electron chi connectivity index (χ2n) is 5.01. The summed E-state index contributed by atoms with van der Waals surface area (Å²) in [5, 5.41) is 19.9. The summed E-state index contributed by atoms with van der Waals surface area (Å²) in [6, 6.07) is 0. The van der Waals surface area contributed by atoms with E-state index in [9.17, 15) is 23.8 Å². The van der Waals surface area contributed by atoms with Crippen LogP contribution in [0.4, 0.5) is 14.6 Å². The van der Waals surface area contributed by atoms with Gasteiger partial charge in [-0.15, -0.1) is 0 Å². The minimum atomic E-state index is -1.98. The number of nitrogen functional groups attached to an aromatic ring is 1. The van der Waals surface area contributed by atoms with Gasteiger partial charge in [0.05, 0.1) is 12.3 Å². The van der Waals surface area contributed by atoms with Crippen LogP contribution in [0.25, 0.3) is 0 Å². The molecule has 1 aliphatic heterocycles. The van der Waals surface area contributed by atoms with E-state index in [-0.39, 0.29) is 0 Å². The van der Waals surface area contributed by atoms with Crippen molar-refractivity contribution >= 4 is 17.4 Å². The van der Waals surface area contributed by atoms with Crippen LogP contribution in [0.5, 0.6) is 0 Å². The molecule has 0 radical (unpaired) electrons. The first kappa shape index (κ1) is 17.6. The van der Waals surface area contributed by atoms with Gasteiger partial charge in [0, 0.05) is 0 Å². The van der Waals surface area contributed by atoms with Crippen LogP contribution in [-0.4, -0.2) is 49.6 Å². The van der Waals surface area contributed by atoms with Crippen LogP contribution < -0.4 is 11.4 Å². The van der Waals surface area contributed by atoms with Gasteiger partial charge in [0.1, 0.15) is 18.9 Å². The Labute approximate surface area is 134 Å². The van der Waals surface area contributed by atoms with Gasteiger partial charge in [-0.1, -0.05) is 23.4 Å². The molecule has 1 unspecified atom stereocenters. The molecule has 2 heterocycles. The second kappa shape index (κ2) is 6.41. The zero-order valence-electron chi connectivity index (χ0n) is 11.9. The van der Waals surface area contributed by atoms with Crippen molar-refractivity contribution in [3.63, 3.8) is 0 Å². The molecule has 1 saturated heterocycles. The van der Waals surface area contributed by atoms with E-state index in [4.69, 9.17) is 22.1 Å². The molecule has 5 atom stereocenters. The van der Waals surface area contributed by atoms with Crippen LogP contribution in [0, 0.1) is 17.7 Å². The normalized spacial score (nSPS) is 31.5. The lowest BCUT2D eigenvalue weighted by atomic mass is 9.96. The van der Waals surface area contributed by atoms with E-state index in [1.54, 1.807) is 0 Å². The Morgan fingerprint density at radius 1 is 1.70 bits per heavy atom. The Morgan fingerprint density at radius 3 is 2.91 bits per heavy atom. The fraction of sp³-hybridized carbons (Fsp3) is 0.538. The largest absolute Gasteiger partial charge is 0.391 e. The highest BCUT2D eigenvalue weighted by atomic mass is 35.5. The van der Waals surface area contributed by atoms with E-state index in [1.165, 1.54) is 6.92 Å². The number of ether oxygens (including phenoxy) is 1. The SMILES string of the molecule is C[C@H](O)[C@H]1O[C@@H](n2cc(F)c(N)nc2=O)C(Cl)(C#CCF)[C@H]1O. The van der Waals surface area contributed by atoms with E-state index in [2.05, 4.69) is 10.9 Å². The van der Waals surface area contributed by atoms with Crippen molar-refractivity contribution in [2.75, 3.05) is 12.4 Å². The van der Waals surface area contributed by atoms with E-state index in [0.717, 1.165) is 0 Å². The number of nitrogens with zero attached hydrogens (tertiary/aromatic N) is 2. The number of anilines is 1. The summed E-state index contributed by atoms with van der Waals surface area (Å²) < 4.78 is 32.0. The van der Waals surface area contributed by atoms with Crippen molar-refractivity contribution in [2.45, 2.75) is 36.3 Å². The Kier molecular flexibility index (Phi) is 4.91. The molecule has 1 aliphatic rings. The Morgan fingerprint density at radius 2 is 2.35 bits per heavy atom. The van der Waals surface area contributed by atoms with Crippen LogP contribution in [0.1, 0.15) is 13.2 Å². The molecular weight excluding hydrogens is 336 g/mol. The number of aliphatic hydroxyl groups excluding tert-OH is 2. The van der Waals surface area contributed by atoms with Crippen molar-refractivity contribution in [3.8, 4) is 11.8 Å². The minimum Gasteiger partial charge on any atom is -0.391 e. The van der Waals surface area contributed by atoms with Crippen molar-refractivity contribution < 1.29 is 23.7 Å². The molecule has 7 nitrogen and oxygen atoms in total. The van der Waals surface area contributed by atoms with E-state index in [1.807, 2.05) is 5.92 Å². The van der Waals surface area contributed by atoms with Crippen molar-refractivity contribution in [3.05, 3.63) is 22.5 Å². The zero-order chi connectivity index (χ0) is 17.4. The highest BCUT2D eigenvalue weighted by Gasteiger charge is 2.57. The van der Waals surface area contributed by atoms with E-state index >= 15 is 0 Å². The Hall–Kier alpha value is -1.73. The van der Waals surface area contributed by atoms with Crippen molar-refractivity contribution in [1.82, 2.24) is 9.55 Å². The molecule has 1 fully saturated rings. The van der Waals surface area contributed by atoms with Gasteiger partial charge in [0.2, 0.25) is 0 Å². The van der Waals surface area contributed by atoms with Gasteiger partial charge in [0.25, 0.3) is 0 Å². The second-order valence-corrected chi connectivity index (χ2v) is 5.63. The lowest BCUT2D eigenvalue weighted by molar-refractivity contribution is -0.0774. The van der Waals surface area contributed by atoms with Gasteiger partial charge in [-0.2, -0.15) is 4.98 Å².